The van der Waals surface area contributed by atoms with Crippen LogP contribution in [0, 0.1) is 6.92 Å². The molecule has 2 aromatic rings. The zero-order valence-corrected chi connectivity index (χ0v) is 16.2. The lowest BCUT2D eigenvalue weighted by Crippen LogP contribution is -2.28. The number of rotatable bonds is 7. The smallest absolute Gasteiger partial charge is 0.250 e. The van der Waals surface area contributed by atoms with Crippen LogP contribution in [0.2, 0.25) is 0 Å². The van der Waals surface area contributed by atoms with Crippen LogP contribution in [0.25, 0.3) is 0 Å². The number of halogens is 1. The lowest BCUT2D eigenvalue weighted by Gasteiger charge is -2.14. The van der Waals surface area contributed by atoms with Crippen molar-refractivity contribution in [1.29, 1.82) is 0 Å². The van der Waals surface area contributed by atoms with Gasteiger partial charge in [-0.15, -0.1) is 11.3 Å². The number of aromatic nitrogens is 2. The van der Waals surface area contributed by atoms with E-state index in [-0.39, 0.29) is 10.8 Å². The van der Waals surface area contributed by atoms with Crippen molar-refractivity contribution in [2.75, 3.05) is 37.4 Å². The van der Waals surface area contributed by atoms with Crippen molar-refractivity contribution in [1.82, 2.24) is 14.7 Å². The van der Waals surface area contributed by atoms with Crippen molar-refractivity contribution in [3.8, 4) is 0 Å². The van der Waals surface area contributed by atoms with Gasteiger partial charge < -0.3 is 10.2 Å². The first-order valence-electron chi connectivity index (χ1n) is 6.80. The lowest BCUT2D eigenvalue weighted by molar-refractivity contribution is 0.585. The number of nitrogens with one attached hydrogen (secondary N) is 2. The van der Waals surface area contributed by atoms with Crippen molar-refractivity contribution >= 4 is 48.9 Å². The molecule has 0 aliphatic heterocycles. The van der Waals surface area contributed by atoms with Crippen LogP contribution in [-0.4, -0.2) is 45.6 Å². The number of thiophene rings is 1. The molecule has 0 fully saturated rings. The van der Waals surface area contributed by atoms with E-state index in [0.717, 1.165) is 9.60 Å². The molecule has 0 aliphatic rings. The molecule has 2 rings (SSSR count). The predicted octanol–water partition coefficient (Wildman–Crippen LogP) is 2.07. The standard InChI is InChI=1S/C13H18BrN5O2S2/c1-9-17-11(8-12(18-9)19(2)3)15-6-7-16-23(20,21)13-5-4-10(14)22-13/h4-5,8,16H,6-7H2,1-3H3,(H,15,17,18). The maximum absolute atomic E-state index is 12.1. The first kappa shape index (κ1) is 18.1. The highest BCUT2D eigenvalue weighted by Gasteiger charge is 2.15. The maximum Gasteiger partial charge on any atom is 0.250 e. The summed E-state index contributed by atoms with van der Waals surface area (Å²) in [6.07, 6.45) is 0. The minimum atomic E-state index is -3.47. The summed E-state index contributed by atoms with van der Waals surface area (Å²) in [5, 5.41) is 3.10. The summed E-state index contributed by atoms with van der Waals surface area (Å²) in [6, 6.07) is 5.10. The summed E-state index contributed by atoms with van der Waals surface area (Å²) in [5.74, 6) is 2.12. The normalized spacial score (nSPS) is 11.5. The van der Waals surface area contributed by atoms with Crippen LogP contribution >= 0.6 is 27.3 Å². The molecule has 7 nitrogen and oxygen atoms in total. The third-order valence-electron chi connectivity index (χ3n) is 2.82. The van der Waals surface area contributed by atoms with Gasteiger partial charge in [-0.25, -0.2) is 23.1 Å². The summed E-state index contributed by atoms with van der Waals surface area (Å²) in [5.41, 5.74) is 0. The molecule has 0 spiro atoms. The van der Waals surface area contributed by atoms with E-state index in [0.29, 0.717) is 18.2 Å². The molecular formula is C13H18BrN5O2S2. The number of hydrogen-bond donors (Lipinski definition) is 2. The fourth-order valence-electron chi connectivity index (χ4n) is 1.76. The summed E-state index contributed by atoms with van der Waals surface area (Å²) in [4.78, 5) is 10.5. The Morgan fingerprint density at radius 2 is 2.00 bits per heavy atom. The van der Waals surface area contributed by atoms with E-state index in [1.807, 2.05) is 32.0 Å². The molecule has 0 atom stereocenters. The third kappa shape index (κ3) is 5.13. The van der Waals surface area contributed by atoms with Gasteiger partial charge in [0, 0.05) is 33.3 Å². The van der Waals surface area contributed by atoms with Crippen LogP contribution in [0.1, 0.15) is 5.82 Å². The van der Waals surface area contributed by atoms with Gasteiger partial charge >= 0.3 is 0 Å². The molecule has 126 valence electrons. The zero-order chi connectivity index (χ0) is 17.0. The van der Waals surface area contributed by atoms with Gasteiger partial charge in [0.05, 0.1) is 3.79 Å². The van der Waals surface area contributed by atoms with Gasteiger partial charge in [-0.3, -0.25) is 0 Å². The molecule has 2 heterocycles. The summed E-state index contributed by atoms with van der Waals surface area (Å²) >= 11 is 4.43. The van der Waals surface area contributed by atoms with E-state index in [9.17, 15) is 8.42 Å². The SMILES string of the molecule is Cc1nc(NCCNS(=O)(=O)c2ccc(Br)s2)cc(N(C)C)n1. The highest BCUT2D eigenvalue weighted by Crippen LogP contribution is 2.25. The molecule has 0 saturated carbocycles. The largest absolute Gasteiger partial charge is 0.369 e. The second kappa shape index (κ2) is 7.56. The van der Waals surface area contributed by atoms with E-state index in [2.05, 4.69) is 35.9 Å². The fourth-order valence-corrected chi connectivity index (χ4v) is 4.85. The molecule has 0 aliphatic carbocycles. The van der Waals surface area contributed by atoms with E-state index in [1.165, 1.54) is 11.3 Å². The van der Waals surface area contributed by atoms with Gasteiger partial charge in [0.15, 0.2) is 0 Å². The van der Waals surface area contributed by atoms with Crippen LogP contribution in [0.4, 0.5) is 11.6 Å². The Hall–Kier alpha value is -1.23. The minimum Gasteiger partial charge on any atom is -0.369 e. The maximum atomic E-state index is 12.1. The summed E-state index contributed by atoms with van der Waals surface area (Å²) in [7, 11) is 0.337. The zero-order valence-electron chi connectivity index (χ0n) is 13.0. The van der Waals surface area contributed by atoms with Gasteiger partial charge in [-0.2, -0.15) is 0 Å². The highest BCUT2D eigenvalue weighted by atomic mass is 79.9. The van der Waals surface area contributed by atoms with Gasteiger partial charge in [-0.1, -0.05) is 0 Å². The van der Waals surface area contributed by atoms with E-state index in [1.54, 1.807) is 12.1 Å². The molecule has 10 heteroatoms. The van der Waals surface area contributed by atoms with Crippen LogP contribution in [0.15, 0.2) is 26.2 Å². The van der Waals surface area contributed by atoms with E-state index in [4.69, 9.17) is 0 Å². The second-order valence-corrected chi connectivity index (χ2v) is 9.39. The molecule has 0 bridgehead atoms. The number of aryl methyl sites for hydroxylation is 1. The van der Waals surface area contributed by atoms with Crippen molar-refractivity contribution < 1.29 is 8.42 Å². The van der Waals surface area contributed by atoms with Crippen molar-refractivity contribution in [3.05, 3.63) is 27.8 Å². The average molecular weight is 420 g/mol. The first-order valence-corrected chi connectivity index (χ1v) is 9.89. The van der Waals surface area contributed by atoms with Gasteiger partial charge in [0.25, 0.3) is 0 Å². The Morgan fingerprint density at radius 3 is 2.61 bits per heavy atom. The van der Waals surface area contributed by atoms with Gasteiger partial charge in [0.1, 0.15) is 21.7 Å². The number of nitrogens with zero attached hydrogens (tertiary/aromatic N) is 3. The number of sulfonamides is 1. The van der Waals surface area contributed by atoms with Gasteiger partial charge in [-0.05, 0) is 35.0 Å². The number of hydrogen-bond acceptors (Lipinski definition) is 7. The topological polar surface area (TPSA) is 87.2 Å². The van der Waals surface area contributed by atoms with Crippen LogP contribution in [0.3, 0.4) is 0 Å². The number of anilines is 2. The quantitative estimate of drug-likeness (QED) is 0.667. The Labute approximate surface area is 148 Å². The van der Waals surface area contributed by atoms with Crippen molar-refractivity contribution in [2.45, 2.75) is 11.1 Å². The molecular weight excluding hydrogens is 402 g/mol. The lowest BCUT2D eigenvalue weighted by atomic mass is 10.4. The summed E-state index contributed by atoms with van der Waals surface area (Å²) in [6.45, 7) is 2.50. The van der Waals surface area contributed by atoms with Crippen molar-refractivity contribution in [2.24, 2.45) is 0 Å². The fraction of sp³-hybridized carbons (Fsp3) is 0.385. The van der Waals surface area contributed by atoms with Crippen LogP contribution in [-0.2, 0) is 10.0 Å². The predicted molar refractivity (Wildman–Crippen MR) is 96.8 cm³/mol. The molecule has 2 aromatic heterocycles. The van der Waals surface area contributed by atoms with Gasteiger partial charge in [0.2, 0.25) is 10.0 Å². The Kier molecular flexibility index (Phi) is 5.95. The summed E-state index contributed by atoms with van der Waals surface area (Å²) < 4.78 is 27.8. The van der Waals surface area contributed by atoms with Crippen LogP contribution in [0.5, 0.6) is 0 Å². The highest BCUT2D eigenvalue weighted by molar-refractivity contribution is 9.11. The second-order valence-electron chi connectivity index (χ2n) is 4.94. The Balaban J connectivity index is 1.90. The van der Waals surface area contributed by atoms with Crippen molar-refractivity contribution in [3.63, 3.8) is 0 Å². The molecule has 0 radical (unpaired) electrons. The molecule has 0 amide bonds. The molecule has 23 heavy (non-hydrogen) atoms. The van der Waals surface area contributed by atoms with Crippen LogP contribution < -0.4 is 14.9 Å². The molecule has 0 unspecified atom stereocenters. The first-order chi connectivity index (χ1) is 10.8. The minimum absolute atomic E-state index is 0.262. The van der Waals surface area contributed by atoms with E-state index >= 15 is 0 Å². The van der Waals surface area contributed by atoms with E-state index < -0.39 is 10.0 Å². The third-order valence-corrected chi connectivity index (χ3v) is 6.40. The monoisotopic (exact) mass is 419 g/mol. The molecule has 0 saturated heterocycles. The Bertz CT molecular complexity index is 776. The molecule has 2 N–H and O–H groups in total. The average Bonchev–Trinajstić information content (AvgIpc) is 2.90. The molecule has 0 aromatic carbocycles. The Morgan fingerprint density at radius 1 is 1.26 bits per heavy atom.